The molecule has 0 aliphatic heterocycles. The van der Waals surface area contributed by atoms with Crippen molar-refractivity contribution in [2.75, 3.05) is 13.2 Å². The molecule has 4 bridgehead atoms. The van der Waals surface area contributed by atoms with Crippen LogP contribution in [0.5, 0.6) is 0 Å². The summed E-state index contributed by atoms with van der Waals surface area (Å²) in [5.74, 6) is 1.49. The molecule has 0 saturated heterocycles. The van der Waals surface area contributed by atoms with Crippen LogP contribution in [0.25, 0.3) is 0 Å². The summed E-state index contributed by atoms with van der Waals surface area (Å²) in [5, 5.41) is 10.7. The summed E-state index contributed by atoms with van der Waals surface area (Å²) in [7, 11) is 0. The molecule has 4 atom stereocenters. The van der Waals surface area contributed by atoms with Crippen LogP contribution in [0.2, 0.25) is 0 Å². The Morgan fingerprint density at radius 3 is 2.46 bits per heavy atom. The van der Waals surface area contributed by atoms with Gasteiger partial charge in [0.05, 0.1) is 25.2 Å². The molecule has 0 aromatic carbocycles. The lowest BCUT2D eigenvalue weighted by atomic mass is 9.47. The minimum atomic E-state index is -0.233. The van der Waals surface area contributed by atoms with Gasteiger partial charge < -0.3 is 14.6 Å². The Kier molecular flexibility index (Phi) is 6.26. The number of hydrogen-bond acceptors (Lipinski definition) is 5. The smallest absolute Gasteiger partial charge is 0.308 e. The summed E-state index contributed by atoms with van der Waals surface area (Å²) < 4.78 is 10.6. The Hall–Kier alpha value is -1.10. The molecule has 148 valence electrons. The Balaban J connectivity index is 1.33. The lowest BCUT2D eigenvalue weighted by Gasteiger charge is -2.59. The summed E-state index contributed by atoms with van der Waals surface area (Å²) in [6.45, 7) is 4.46. The summed E-state index contributed by atoms with van der Waals surface area (Å²) in [4.78, 5) is 23.5. The van der Waals surface area contributed by atoms with Gasteiger partial charge in [0.25, 0.3) is 0 Å². The van der Waals surface area contributed by atoms with Crippen LogP contribution in [0.3, 0.4) is 0 Å². The monoisotopic (exact) mass is 366 g/mol. The number of aliphatic hydroxyl groups excluding tert-OH is 1. The van der Waals surface area contributed by atoms with E-state index in [-0.39, 0.29) is 42.4 Å². The van der Waals surface area contributed by atoms with E-state index in [0.29, 0.717) is 18.9 Å². The fourth-order valence-corrected chi connectivity index (χ4v) is 5.67. The van der Waals surface area contributed by atoms with Crippen LogP contribution in [-0.4, -0.2) is 36.4 Å². The molecule has 5 nitrogen and oxygen atoms in total. The van der Waals surface area contributed by atoms with Crippen molar-refractivity contribution < 1.29 is 24.2 Å². The molecular weight excluding hydrogens is 332 g/mol. The molecule has 0 amide bonds. The van der Waals surface area contributed by atoms with E-state index in [4.69, 9.17) is 9.47 Å². The number of aliphatic hydroxyl groups is 1. The second-order valence-electron chi connectivity index (χ2n) is 8.97. The molecule has 5 heteroatoms. The van der Waals surface area contributed by atoms with Gasteiger partial charge in [-0.3, -0.25) is 9.59 Å². The number of rotatable bonds is 9. The highest BCUT2D eigenvalue weighted by molar-refractivity contribution is 5.72. The van der Waals surface area contributed by atoms with Gasteiger partial charge >= 0.3 is 11.9 Å². The number of ether oxygens (including phenoxy) is 2. The van der Waals surface area contributed by atoms with Crippen molar-refractivity contribution >= 4 is 11.9 Å². The average molecular weight is 366 g/mol. The standard InChI is InChI=1S/C21H34O5/c1-3-14(2)20(24)26-7-4-5-18(22)25-8-6-21-12-15-9-16(13-21)11-17(10-15)19(21)23/h14-17,19,23H,3-13H2,1-2H3. The predicted octanol–water partition coefficient (Wildman–Crippen LogP) is 3.48. The topological polar surface area (TPSA) is 72.8 Å². The SMILES string of the molecule is CCC(C)C(=O)OCCCC(=O)OCCC12CC3CC(CC(C3)C1O)C2. The van der Waals surface area contributed by atoms with Crippen LogP contribution in [0.15, 0.2) is 0 Å². The summed E-state index contributed by atoms with van der Waals surface area (Å²) >= 11 is 0. The van der Waals surface area contributed by atoms with Crippen molar-refractivity contribution in [1.82, 2.24) is 0 Å². The molecule has 4 aliphatic rings. The first-order valence-corrected chi connectivity index (χ1v) is 10.4. The Morgan fingerprint density at radius 1 is 1.12 bits per heavy atom. The third kappa shape index (κ3) is 4.24. The molecule has 1 N–H and O–H groups in total. The maximum absolute atomic E-state index is 11.9. The van der Waals surface area contributed by atoms with Crippen LogP contribution >= 0.6 is 0 Å². The van der Waals surface area contributed by atoms with Gasteiger partial charge in [-0.1, -0.05) is 13.8 Å². The minimum absolute atomic E-state index is 0.0130. The van der Waals surface area contributed by atoms with Crippen molar-refractivity contribution in [2.45, 2.75) is 77.7 Å². The zero-order valence-electron chi connectivity index (χ0n) is 16.2. The Bertz CT molecular complexity index is 503. The first-order valence-electron chi connectivity index (χ1n) is 10.4. The van der Waals surface area contributed by atoms with E-state index in [1.54, 1.807) is 0 Å². The number of carbonyl (C=O) groups excluding carboxylic acids is 2. The van der Waals surface area contributed by atoms with Crippen LogP contribution in [-0.2, 0) is 19.1 Å². The van der Waals surface area contributed by atoms with Gasteiger partial charge in [-0.25, -0.2) is 0 Å². The minimum Gasteiger partial charge on any atom is -0.466 e. The maximum Gasteiger partial charge on any atom is 0.308 e. The van der Waals surface area contributed by atoms with Gasteiger partial charge in [0.1, 0.15) is 0 Å². The molecule has 0 heterocycles. The lowest BCUT2D eigenvalue weighted by Crippen LogP contribution is -2.56. The van der Waals surface area contributed by atoms with E-state index in [0.717, 1.165) is 37.5 Å². The molecule has 0 aromatic rings. The van der Waals surface area contributed by atoms with E-state index in [9.17, 15) is 14.7 Å². The number of hydrogen-bond donors (Lipinski definition) is 1. The van der Waals surface area contributed by atoms with Crippen molar-refractivity contribution in [2.24, 2.45) is 29.1 Å². The van der Waals surface area contributed by atoms with Crippen LogP contribution in [0, 0.1) is 29.1 Å². The second-order valence-corrected chi connectivity index (χ2v) is 8.97. The van der Waals surface area contributed by atoms with Crippen molar-refractivity contribution in [3.63, 3.8) is 0 Å². The predicted molar refractivity (Wildman–Crippen MR) is 97.2 cm³/mol. The molecule has 4 aliphatic carbocycles. The fourth-order valence-electron chi connectivity index (χ4n) is 5.67. The van der Waals surface area contributed by atoms with Gasteiger partial charge in [-0.2, -0.15) is 0 Å². The van der Waals surface area contributed by atoms with Crippen LogP contribution < -0.4 is 0 Å². The molecule has 4 fully saturated rings. The summed E-state index contributed by atoms with van der Waals surface area (Å²) in [6, 6.07) is 0. The first-order chi connectivity index (χ1) is 12.4. The third-order valence-electron chi connectivity index (χ3n) is 7.05. The zero-order chi connectivity index (χ0) is 18.7. The van der Waals surface area contributed by atoms with Crippen molar-refractivity contribution in [1.29, 1.82) is 0 Å². The van der Waals surface area contributed by atoms with E-state index in [1.807, 2.05) is 13.8 Å². The van der Waals surface area contributed by atoms with Crippen molar-refractivity contribution in [3.8, 4) is 0 Å². The molecule has 26 heavy (non-hydrogen) atoms. The highest BCUT2D eigenvalue weighted by Gasteiger charge is 2.56. The van der Waals surface area contributed by atoms with Gasteiger partial charge in [0.2, 0.25) is 0 Å². The summed E-state index contributed by atoms with van der Waals surface area (Å²) in [5.41, 5.74) is -0.0130. The van der Waals surface area contributed by atoms with Gasteiger partial charge in [-0.15, -0.1) is 0 Å². The molecular formula is C21H34O5. The quantitative estimate of drug-likeness (QED) is 0.500. The van der Waals surface area contributed by atoms with Crippen molar-refractivity contribution in [3.05, 3.63) is 0 Å². The second kappa shape index (κ2) is 8.28. The Morgan fingerprint density at radius 2 is 1.81 bits per heavy atom. The number of carbonyl (C=O) groups is 2. The van der Waals surface area contributed by atoms with Gasteiger partial charge in [0, 0.05) is 11.8 Å². The van der Waals surface area contributed by atoms with E-state index >= 15 is 0 Å². The average Bonchev–Trinajstić information content (AvgIpc) is 2.61. The van der Waals surface area contributed by atoms with E-state index in [2.05, 4.69) is 0 Å². The highest BCUT2D eigenvalue weighted by atomic mass is 16.5. The van der Waals surface area contributed by atoms with E-state index < -0.39 is 0 Å². The van der Waals surface area contributed by atoms with E-state index in [1.165, 1.54) is 19.3 Å². The number of esters is 2. The molecule has 0 aromatic heterocycles. The third-order valence-corrected chi connectivity index (χ3v) is 7.05. The molecule has 4 rings (SSSR count). The van der Waals surface area contributed by atoms with Crippen LogP contribution in [0.4, 0.5) is 0 Å². The molecule has 4 saturated carbocycles. The summed E-state index contributed by atoms with van der Waals surface area (Å²) in [6.07, 6.45) is 8.02. The van der Waals surface area contributed by atoms with Crippen LogP contribution in [0.1, 0.15) is 71.6 Å². The van der Waals surface area contributed by atoms with Gasteiger partial charge in [0.15, 0.2) is 0 Å². The fraction of sp³-hybridized carbons (Fsp3) is 0.905. The highest BCUT2D eigenvalue weighted by Crippen LogP contribution is 2.61. The normalized spacial score (nSPS) is 36.0. The maximum atomic E-state index is 11.9. The molecule has 0 spiro atoms. The molecule has 0 radical (unpaired) electrons. The molecule has 4 unspecified atom stereocenters. The Labute approximate surface area is 156 Å². The first kappa shape index (κ1) is 19.7. The largest absolute Gasteiger partial charge is 0.466 e. The van der Waals surface area contributed by atoms with Gasteiger partial charge in [-0.05, 0) is 69.1 Å². The zero-order valence-corrected chi connectivity index (χ0v) is 16.2. The lowest BCUT2D eigenvalue weighted by molar-refractivity contribution is -0.168.